The molecule has 1 aliphatic heterocycles. The number of amides is 1. The molecule has 24 heavy (non-hydrogen) atoms. The maximum Gasteiger partial charge on any atom is 0.305 e. The minimum absolute atomic E-state index is 0.0909. The molecule has 1 aromatic heterocycles. The number of hydrogen-bond donors (Lipinski definition) is 2. The SMILES string of the molecule is CCc1ccc(NC(=O)C2(Cl)Oc3nc(C)cc(C)c3C2=N)cc1. The number of halogens is 1. The number of nitrogens with zero attached hydrogens (tertiary/aromatic N) is 1. The van der Waals surface area contributed by atoms with Crippen LogP contribution in [0.1, 0.15) is 29.3 Å². The summed E-state index contributed by atoms with van der Waals surface area (Å²) < 4.78 is 5.56. The van der Waals surface area contributed by atoms with Gasteiger partial charge in [0.2, 0.25) is 5.88 Å². The Hall–Kier alpha value is -2.40. The van der Waals surface area contributed by atoms with Gasteiger partial charge in [-0.05, 0) is 49.6 Å². The summed E-state index contributed by atoms with van der Waals surface area (Å²) in [5.74, 6) is -0.377. The van der Waals surface area contributed by atoms with Crippen LogP contribution in [0.3, 0.4) is 0 Å². The number of aryl methyl sites for hydroxylation is 3. The molecule has 1 aliphatic rings. The van der Waals surface area contributed by atoms with Gasteiger partial charge >= 0.3 is 5.06 Å². The third-order valence-corrected chi connectivity index (χ3v) is 4.47. The van der Waals surface area contributed by atoms with Gasteiger partial charge in [0.05, 0.1) is 5.56 Å². The van der Waals surface area contributed by atoms with Crippen molar-refractivity contribution in [1.82, 2.24) is 4.98 Å². The highest BCUT2D eigenvalue weighted by Crippen LogP contribution is 2.39. The van der Waals surface area contributed by atoms with Gasteiger partial charge in [0, 0.05) is 11.4 Å². The highest BCUT2D eigenvalue weighted by molar-refractivity contribution is 6.50. The zero-order valence-corrected chi connectivity index (χ0v) is 14.5. The van der Waals surface area contributed by atoms with Gasteiger partial charge in [-0.3, -0.25) is 10.2 Å². The lowest BCUT2D eigenvalue weighted by atomic mass is 10.0. The summed E-state index contributed by atoms with van der Waals surface area (Å²) in [6, 6.07) is 9.30. The number of nitrogens with one attached hydrogen (secondary N) is 2. The third kappa shape index (κ3) is 2.65. The molecule has 1 amide bonds. The van der Waals surface area contributed by atoms with Gasteiger partial charge in [-0.2, -0.15) is 0 Å². The Bertz CT molecular complexity index is 833. The molecular formula is C18H18ClN3O2. The second-order valence-corrected chi connectivity index (χ2v) is 6.37. The van der Waals surface area contributed by atoms with Crippen LogP contribution in [-0.4, -0.2) is 21.7 Å². The molecule has 124 valence electrons. The minimum Gasteiger partial charge on any atom is -0.439 e. The number of alkyl halides is 1. The average Bonchev–Trinajstić information content (AvgIpc) is 2.80. The van der Waals surface area contributed by atoms with Crippen LogP contribution in [0.2, 0.25) is 0 Å². The lowest BCUT2D eigenvalue weighted by molar-refractivity contribution is -0.121. The number of carbonyl (C=O) groups is 1. The minimum atomic E-state index is -1.91. The summed E-state index contributed by atoms with van der Waals surface area (Å²) in [6.07, 6.45) is 0.918. The van der Waals surface area contributed by atoms with Crippen LogP contribution in [0, 0.1) is 19.3 Å². The van der Waals surface area contributed by atoms with Gasteiger partial charge in [-0.1, -0.05) is 30.7 Å². The molecule has 1 atom stereocenters. The molecule has 0 spiro atoms. The van der Waals surface area contributed by atoms with Crippen molar-refractivity contribution < 1.29 is 9.53 Å². The zero-order chi connectivity index (χ0) is 17.5. The van der Waals surface area contributed by atoms with E-state index in [1.807, 2.05) is 32.0 Å². The summed E-state index contributed by atoms with van der Waals surface area (Å²) in [7, 11) is 0. The van der Waals surface area contributed by atoms with E-state index in [9.17, 15) is 4.79 Å². The van der Waals surface area contributed by atoms with E-state index in [2.05, 4.69) is 17.2 Å². The average molecular weight is 344 g/mol. The Morgan fingerprint density at radius 3 is 2.62 bits per heavy atom. The quantitative estimate of drug-likeness (QED) is 0.836. The summed E-state index contributed by atoms with van der Waals surface area (Å²) in [5, 5.41) is 9.10. The van der Waals surface area contributed by atoms with Crippen molar-refractivity contribution in [2.24, 2.45) is 0 Å². The number of hydrogen-bond acceptors (Lipinski definition) is 4. The molecule has 0 fully saturated rings. The maximum absolute atomic E-state index is 12.6. The molecule has 0 radical (unpaired) electrons. The van der Waals surface area contributed by atoms with Gasteiger partial charge in [0.15, 0.2) is 0 Å². The number of aromatic nitrogens is 1. The molecule has 0 aliphatic carbocycles. The molecule has 0 saturated heterocycles. The Morgan fingerprint density at radius 1 is 1.33 bits per heavy atom. The number of carbonyl (C=O) groups excluding carboxylic acids is 1. The fourth-order valence-electron chi connectivity index (χ4n) is 2.72. The van der Waals surface area contributed by atoms with Gasteiger partial charge in [-0.15, -0.1) is 0 Å². The molecule has 2 heterocycles. The van der Waals surface area contributed by atoms with Gasteiger partial charge < -0.3 is 10.1 Å². The first kappa shape index (κ1) is 16.5. The van der Waals surface area contributed by atoms with Crippen molar-refractivity contribution in [3.8, 4) is 5.88 Å². The molecule has 3 rings (SSSR count). The number of benzene rings is 1. The Kier molecular flexibility index (Phi) is 4.05. The normalized spacial score (nSPS) is 18.9. The third-order valence-electron chi connectivity index (χ3n) is 4.03. The number of fused-ring (bicyclic) bond motifs is 1. The smallest absolute Gasteiger partial charge is 0.305 e. The molecule has 2 aromatic rings. The molecule has 6 heteroatoms. The monoisotopic (exact) mass is 343 g/mol. The van der Waals surface area contributed by atoms with Crippen molar-refractivity contribution in [2.45, 2.75) is 32.3 Å². The zero-order valence-electron chi connectivity index (χ0n) is 13.7. The number of ether oxygens (including phenoxy) is 1. The van der Waals surface area contributed by atoms with E-state index >= 15 is 0 Å². The van der Waals surface area contributed by atoms with Crippen LogP contribution >= 0.6 is 11.6 Å². The standard InChI is InChI=1S/C18H18ClN3O2/c1-4-12-5-7-13(8-6-12)22-17(23)18(19)15(20)14-10(2)9-11(3)21-16(14)24-18/h5-9,20H,4H2,1-3H3,(H,22,23). The van der Waals surface area contributed by atoms with Crippen molar-refractivity contribution in [3.05, 3.63) is 52.7 Å². The fraction of sp³-hybridized carbons (Fsp3) is 0.278. The van der Waals surface area contributed by atoms with Crippen molar-refractivity contribution >= 4 is 28.9 Å². The molecule has 5 nitrogen and oxygen atoms in total. The molecule has 1 unspecified atom stereocenters. The van der Waals surface area contributed by atoms with Crippen LogP contribution < -0.4 is 10.1 Å². The second-order valence-electron chi connectivity index (χ2n) is 5.84. The molecular weight excluding hydrogens is 326 g/mol. The lowest BCUT2D eigenvalue weighted by Crippen LogP contribution is -2.46. The first-order valence-electron chi connectivity index (χ1n) is 7.71. The van der Waals surface area contributed by atoms with Crippen molar-refractivity contribution in [1.29, 1.82) is 5.41 Å². The summed E-state index contributed by atoms with van der Waals surface area (Å²) in [6.45, 7) is 5.73. The highest BCUT2D eigenvalue weighted by Gasteiger charge is 2.51. The van der Waals surface area contributed by atoms with E-state index < -0.39 is 11.0 Å². The molecule has 1 aromatic carbocycles. The van der Waals surface area contributed by atoms with E-state index in [-0.39, 0.29) is 11.6 Å². The van der Waals surface area contributed by atoms with Crippen LogP contribution in [0.25, 0.3) is 0 Å². The second kappa shape index (κ2) is 5.91. The van der Waals surface area contributed by atoms with Gasteiger partial charge in [-0.25, -0.2) is 4.98 Å². The lowest BCUT2D eigenvalue weighted by Gasteiger charge is -2.20. The first-order valence-corrected chi connectivity index (χ1v) is 8.09. The van der Waals surface area contributed by atoms with Crippen LogP contribution in [0.15, 0.2) is 30.3 Å². The number of rotatable bonds is 3. The Morgan fingerprint density at radius 2 is 2.00 bits per heavy atom. The van der Waals surface area contributed by atoms with Crippen molar-refractivity contribution in [3.63, 3.8) is 0 Å². The highest BCUT2D eigenvalue weighted by atomic mass is 35.5. The first-order chi connectivity index (χ1) is 11.3. The van der Waals surface area contributed by atoms with Crippen molar-refractivity contribution in [2.75, 3.05) is 5.32 Å². The Balaban J connectivity index is 1.87. The van der Waals surface area contributed by atoms with E-state index in [0.29, 0.717) is 11.3 Å². The van der Waals surface area contributed by atoms with E-state index in [4.69, 9.17) is 21.7 Å². The maximum atomic E-state index is 12.6. The molecule has 2 N–H and O–H groups in total. The number of anilines is 1. The van der Waals surface area contributed by atoms with E-state index in [1.54, 1.807) is 12.1 Å². The molecule has 0 bridgehead atoms. The fourth-order valence-corrected chi connectivity index (χ4v) is 2.94. The van der Waals surface area contributed by atoms with E-state index in [0.717, 1.165) is 17.7 Å². The Labute approximate surface area is 145 Å². The predicted octanol–water partition coefficient (Wildman–Crippen LogP) is 3.59. The van der Waals surface area contributed by atoms with Gasteiger partial charge in [0.1, 0.15) is 5.71 Å². The van der Waals surface area contributed by atoms with Crippen LogP contribution in [0.4, 0.5) is 5.69 Å². The van der Waals surface area contributed by atoms with Gasteiger partial charge in [0.25, 0.3) is 5.91 Å². The topological polar surface area (TPSA) is 75.1 Å². The van der Waals surface area contributed by atoms with Crippen LogP contribution in [-0.2, 0) is 11.2 Å². The van der Waals surface area contributed by atoms with E-state index in [1.165, 1.54) is 5.56 Å². The summed E-state index contributed by atoms with van der Waals surface area (Å²) >= 11 is 6.37. The summed E-state index contributed by atoms with van der Waals surface area (Å²) in [4.78, 5) is 16.9. The predicted molar refractivity (Wildman–Crippen MR) is 94.2 cm³/mol. The number of pyridine rings is 1. The van der Waals surface area contributed by atoms with Crippen LogP contribution in [0.5, 0.6) is 5.88 Å². The summed E-state index contributed by atoms with van der Waals surface area (Å²) in [5.41, 5.74) is 3.71. The largest absolute Gasteiger partial charge is 0.439 e. The molecule has 0 saturated carbocycles.